The molecule has 0 radical (unpaired) electrons. The molecule has 5 heterocycles. The highest BCUT2D eigenvalue weighted by Crippen LogP contribution is 2.41. The predicted molar refractivity (Wildman–Crippen MR) is 132 cm³/mol. The molecule has 0 N–H and O–H groups in total. The van der Waals surface area contributed by atoms with Gasteiger partial charge in [0.25, 0.3) is 0 Å². The molecular weight excluding hydrogens is 432 g/mol. The zero-order valence-corrected chi connectivity index (χ0v) is 19.8. The van der Waals surface area contributed by atoms with Gasteiger partial charge in [-0.25, -0.2) is 9.97 Å². The fourth-order valence-electron chi connectivity index (χ4n) is 5.38. The zero-order chi connectivity index (χ0) is 22.2. The van der Waals surface area contributed by atoms with Gasteiger partial charge in [0, 0.05) is 62.1 Å². The number of fused-ring (bicyclic) bond motifs is 3. The Labute approximate surface area is 198 Å². The maximum absolute atomic E-state index is 12.7. The molecule has 2 aliphatic heterocycles. The maximum Gasteiger partial charge on any atom is 0.236 e. The van der Waals surface area contributed by atoms with E-state index < -0.39 is 0 Å². The molecule has 3 aromatic heterocycles. The molecule has 0 bridgehead atoms. The van der Waals surface area contributed by atoms with Crippen molar-refractivity contribution in [3.05, 3.63) is 35.0 Å². The number of anilines is 1. The summed E-state index contributed by atoms with van der Waals surface area (Å²) >= 11 is 1.84. The van der Waals surface area contributed by atoms with Gasteiger partial charge >= 0.3 is 0 Å². The molecule has 6 rings (SSSR count). The van der Waals surface area contributed by atoms with Crippen LogP contribution in [0.4, 0.5) is 5.82 Å². The van der Waals surface area contributed by atoms with Gasteiger partial charge in [-0.2, -0.15) is 0 Å². The number of nitrogens with zero attached hydrogens (tertiary/aromatic N) is 6. The van der Waals surface area contributed by atoms with Crippen LogP contribution in [0, 0.1) is 0 Å². The third-order valence-electron chi connectivity index (χ3n) is 7.20. The molecule has 0 aromatic carbocycles. The van der Waals surface area contributed by atoms with Crippen LogP contribution in [0.3, 0.4) is 0 Å². The highest BCUT2D eigenvalue weighted by molar-refractivity contribution is 7.19. The molecule has 0 unspecified atom stereocenters. The lowest BCUT2D eigenvalue weighted by Crippen LogP contribution is -2.51. The van der Waals surface area contributed by atoms with E-state index in [1.165, 1.54) is 28.7 Å². The molecule has 1 amide bonds. The smallest absolute Gasteiger partial charge is 0.236 e. The van der Waals surface area contributed by atoms with E-state index in [9.17, 15) is 4.79 Å². The number of piperidine rings is 1. The summed E-state index contributed by atoms with van der Waals surface area (Å²) in [6.45, 7) is 5.95. The summed E-state index contributed by atoms with van der Waals surface area (Å²) in [4.78, 5) is 36.4. The molecule has 0 spiro atoms. The fraction of sp³-hybridized carbons (Fsp3) is 0.520. The van der Waals surface area contributed by atoms with E-state index in [-0.39, 0.29) is 0 Å². The van der Waals surface area contributed by atoms with Gasteiger partial charge in [-0.1, -0.05) is 0 Å². The van der Waals surface area contributed by atoms with Gasteiger partial charge in [0.05, 0.1) is 11.9 Å². The topological polar surface area (TPSA) is 65.5 Å². The Kier molecular flexibility index (Phi) is 5.72. The van der Waals surface area contributed by atoms with E-state index in [2.05, 4.69) is 19.7 Å². The third kappa shape index (κ3) is 4.10. The van der Waals surface area contributed by atoms with Crippen LogP contribution < -0.4 is 4.90 Å². The number of amides is 1. The Bertz CT molecular complexity index is 1150. The minimum Gasteiger partial charge on any atom is -0.353 e. The lowest BCUT2D eigenvalue weighted by atomic mass is 10.1. The predicted octanol–water partition coefficient (Wildman–Crippen LogP) is 3.38. The van der Waals surface area contributed by atoms with Crippen LogP contribution in [0.25, 0.3) is 21.6 Å². The number of aromatic nitrogens is 3. The molecule has 3 aliphatic rings. The van der Waals surface area contributed by atoms with Crippen LogP contribution in [0.2, 0.25) is 0 Å². The summed E-state index contributed by atoms with van der Waals surface area (Å²) in [5.74, 6) is 2.12. The summed E-state index contributed by atoms with van der Waals surface area (Å²) in [5.41, 5.74) is 2.42. The number of rotatable bonds is 4. The lowest BCUT2D eigenvalue weighted by Gasteiger charge is -2.37. The van der Waals surface area contributed by atoms with E-state index in [0.29, 0.717) is 12.5 Å². The van der Waals surface area contributed by atoms with Crippen LogP contribution in [-0.2, 0) is 17.6 Å². The molecule has 3 aromatic rings. The Balaban J connectivity index is 1.24. The third-order valence-corrected chi connectivity index (χ3v) is 8.39. The zero-order valence-electron chi connectivity index (χ0n) is 19.0. The van der Waals surface area contributed by atoms with E-state index in [0.717, 1.165) is 87.0 Å². The van der Waals surface area contributed by atoms with Gasteiger partial charge in [-0.15, -0.1) is 11.3 Å². The number of thiophene rings is 1. The quantitative estimate of drug-likeness (QED) is 0.592. The average molecular weight is 463 g/mol. The number of aryl methyl sites for hydroxylation is 2. The molecule has 0 atom stereocenters. The Morgan fingerprint density at radius 3 is 2.61 bits per heavy atom. The second-order valence-corrected chi connectivity index (χ2v) is 10.4. The van der Waals surface area contributed by atoms with E-state index in [1.54, 1.807) is 6.20 Å². The summed E-state index contributed by atoms with van der Waals surface area (Å²) in [5, 5.41) is 1.26. The number of pyridine rings is 1. The number of hydrogen-bond donors (Lipinski definition) is 0. The fourth-order valence-corrected chi connectivity index (χ4v) is 6.64. The van der Waals surface area contributed by atoms with Gasteiger partial charge in [-0.05, 0) is 56.2 Å². The van der Waals surface area contributed by atoms with E-state index >= 15 is 0 Å². The lowest BCUT2D eigenvalue weighted by molar-refractivity contribution is -0.133. The largest absolute Gasteiger partial charge is 0.353 e. The van der Waals surface area contributed by atoms with Gasteiger partial charge in [0.2, 0.25) is 5.91 Å². The second-order valence-electron chi connectivity index (χ2n) is 9.35. The summed E-state index contributed by atoms with van der Waals surface area (Å²) in [7, 11) is 0. The van der Waals surface area contributed by atoms with Crippen LogP contribution >= 0.6 is 11.3 Å². The second kappa shape index (κ2) is 8.99. The van der Waals surface area contributed by atoms with Crippen LogP contribution in [0.1, 0.15) is 36.1 Å². The SMILES string of the molecule is O=C(CN1CCN(c2nc(-c3cccnc3)nc3sc4c(c23)CCC4)CC1)N1CCCCC1. The molecule has 2 fully saturated rings. The standard InChI is InChI=1S/C25H30N6OS/c32-21(30-10-2-1-3-11-30)17-29-12-14-31(15-13-29)24-22-19-7-4-8-20(19)33-25(22)28-23(27-24)18-6-5-9-26-16-18/h5-6,9,16H,1-4,7-8,10-15,17H2. The Morgan fingerprint density at radius 2 is 1.82 bits per heavy atom. The molecule has 172 valence electrons. The van der Waals surface area contributed by atoms with Gasteiger partial charge in [-0.3, -0.25) is 14.7 Å². The first-order valence-corrected chi connectivity index (χ1v) is 13.1. The number of hydrogen-bond acceptors (Lipinski definition) is 7. The highest BCUT2D eigenvalue weighted by Gasteiger charge is 2.28. The maximum atomic E-state index is 12.7. The molecule has 1 aliphatic carbocycles. The number of piperazine rings is 1. The summed E-state index contributed by atoms with van der Waals surface area (Å²) in [6.07, 6.45) is 10.7. The first-order valence-electron chi connectivity index (χ1n) is 12.2. The van der Waals surface area contributed by atoms with Gasteiger partial charge in [0.15, 0.2) is 5.82 Å². The molecule has 7 nitrogen and oxygen atoms in total. The van der Waals surface area contributed by atoms with Crippen molar-refractivity contribution in [1.29, 1.82) is 0 Å². The van der Waals surface area contributed by atoms with Crippen molar-refractivity contribution in [1.82, 2.24) is 24.8 Å². The molecule has 8 heteroatoms. The van der Waals surface area contributed by atoms with Crippen molar-refractivity contribution < 1.29 is 4.79 Å². The van der Waals surface area contributed by atoms with Crippen LogP contribution in [-0.4, -0.2) is 76.5 Å². The van der Waals surface area contributed by atoms with E-state index in [1.807, 2.05) is 29.7 Å². The molecular formula is C25H30N6OS. The first kappa shape index (κ1) is 21.0. The number of carbonyl (C=O) groups is 1. The van der Waals surface area contributed by atoms with Crippen molar-refractivity contribution in [2.75, 3.05) is 50.7 Å². The highest BCUT2D eigenvalue weighted by atomic mass is 32.1. The van der Waals surface area contributed by atoms with Crippen molar-refractivity contribution in [3.8, 4) is 11.4 Å². The minimum atomic E-state index is 0.294. The monoisotopic (exact) mass is 462 g/mol. The Hall–Kier alpha value is -2.58. The van der Waals surface area contributed by atoms with Crippen molar-refractivity contribution in [2.45, 2.75) is 38.5 Å². The van der Waals surface area contributed by atoms with Crippen LogP contribution in [0.15, 0.2) is 24.5 Å². The average Bonchev–Trinajstić information content (AvgIpc) is 3.46. The van der Waals surface area contributed by atoms with Crippen molar-refractivity contribution >= 4 is 33.3 Å². The molecule has 33 heavy (non-hydrogen) atoms. The van der Waals surface area contributed by atoms with Gasteiger partial charge < -0.3 is 9.80 Å². The number of likely N-dealkylation sites (tertiary alicyclic amines) is 1. The molecule has 2 saturated heterocycles. The first-order chi connectivity index (χ1) is 16.3. The van der Waals surface area contributed by atoms with Gasteiger partial charge in [0.1, 0.15) is 10.6 Å². The normalized spacial score (nSPS) is 19.3. The summed E-state index contributed by atoms with van der Waals surface area (Å²) in [6, 6.07) is 3.97. The van der Waals surface area contributed by atoms with Crippen molar-refractivity contribution in [3.63, 3.8) is 0 Å². The summed E-state index contributed by atoms with van der Waals surface area (Å²) < 4.78 is 0. The minimum absolute atomic E-state index is 0.294. The number of carbonyl (C=O) groups excluding carboxylic acids is 1. The van der Waals surface area contributed by atoms with E-state index in [4.69, 9.17) is 9.97 Å². The molecule has 0 saturated carbocycles. The van der Waals surface area contributed by atoms with Crippen LogP contribution in [0.5, 0.6) is 0 Å². The van der Waals surface area contributed by atoms with Crippen molar-refractivity contribution in [2.24, 2.45) is 0 Å². The Morgan fingerprint density at radius 1 is 0.970 bits per heavy atom.